The van der Waals surface area contributed by atoms with Gasteiger partial charge < -0.3 is 0 Å². The molecule has 1 saturated heterocycles. The molecule has 0 aliphatic carbocycles. The first-order chi connectivity index (χ1) is 9.74. The fourth-order valence-electron chi connectivity index (χ4n) is 3.12. The molecule has 0 amide bonds. The molecule has 1 heterocycles. The third-order valence-electron chi connectivity index (χ3n) is 3.69. The molecule has 22 heavy (non-hydrogen) atoms. The summed E-state index contributed by atoms with van der Waals surface area (Å²) in [6.07, 6.45) is -4.33. The number of halogens is 4. The van der Waals surface area contributed by atoms with Gasteiger partial charge in [0.25, 0.3) is 0 Å². The second-order valence-corrected chi connectivity index (χ2v) is 18.1. The lowest BCUT2D eigenvalue weighted by Gasteiger charge is -2.25. The maximum Gasteiger partial charge on any atom is 0.425 e. The summed E-state index contributed by atoms with van der Waals surface area (Å²) in [6, 6.07) is 6.55. The third-order valence-corrected chi connectivity index (χ3v) is 8.00. The standard InChI is InChI=1S/C14H22BrF3N2Si2/c1-21(2,3)19-13(14(16,17)18,20(19)22(4,5)6)11-7-9-12(15)10-8-11/h7-10H,1-6H3. The lowest BCUT2D eigenvalue weighted by molar-refractivity contribution is -0.176. The van der Waals surface area contributed by atoms with Crippen molar-refractivity contribution in [3.63, 3.8) is 0 Å². The van der Waals surface area contributed by atoms with Gasteiger partial charge in [-0.1, -0.05) is 67.3 Å². The van der Waals surface area contributed by atoms with Crippen LogP contribution < -0.4 is 0 Å². The quantitative estimate of drug-likeness (QED) is 0.487. The van der Waals surface area contributed by atoms with E-state index in [4.69, 9.17) is 0 Å². The first-order valence-corrected chi connectivity index (χ1v) is 14.9. The van der Waals surface area contributed by atoms with E-state index in [0.717, 1.165) is 4.47 Å². The van der Waals surface area contributed by atoms with Gasteiger partial charge in [0, 0.05) is 4.47 Å². The molecule has 0 spiro atoms. The average molecular weight is 411 g/mol. The van der Waals surface area contributed by atoms with E-state index in [0.29, 0.717) is 5.56 Å². The summed E-state index contributed by atoms with van der Waals surface area (Å²) in [5.74, 6) is 0. The van der Waals surface area contributed by atoms with Gasteiger partial charge in [-0.25, -0.2) is 9.35 Å². The van der Waals surface area contributed by atoms with Gasteiger partial charge in [0.2, 0.25) is 5.66 Å². The van der Waals surface area contributed by atoms with Crippen LogP contribution in [0.5, 0.6) is 0 Å². The van der Waals surface area contributed by atoms with E-state index in [1.165, 1.54) is 0 Å². The third kappa shape index (κ3) is 2.73. The van der Waals surface area contributed by atoms with Crippen LogP contribution in [0.4, 0.5) is 13.2 Å². The molecule has 2 rings (SSSR count). The van der Waals surface area contributed by atoms with Gasteiger partial charge in [0.1, 0.15) is 16.5 Å². The van der Waals surface area contributed by atoms with E-state index < -0.39 is 28.3 Å². The number of hydrogen-bond donors (Lipinski definition) is 0. The highest BCUT2D eigenvalue weighted by atomic mass is 79.9. The van der Waals surface area contributed by atoms with Crippen LogP contribution in [-0.2, 0) is 5.66 Å². The van der Waals surface area contributed by atoms with E-state index >= 15 is 0 Å². The zero-order chi connectivity index (χ0) is 17.1. The SMILES string of the molecule is C[Si](C)(C)N1N([Si](C)(C)C)C1(c1ccc(Br)cc1)C(F)(F)F. The average Bonchev–Trinajstić information content (AvgIpc) is 3.00. The number of benzene rings is 1. The van der Waals surface area contributed by atoms with E-state index in [2.05, 4.69) is 15.9 Å². The fraction of sp³-hybridized carbons (Fsp3) is 0.571. The molecular weight excluding hydrogens is 389 g/mol. The Kier molecular flexibility index (Phi) is 4.27. The molecule has 0 radical (unpaired) electrons. The van der Waals surface area contributed by atoms with Gasteiger partial charge in [-0.2, -0.15) is 13.2 Å². The normalized spacial score (nSPS) is 29.5. The Bertz CT molecular complexity index is 541. The first-order valence-electron chi connectivity index (χ1n) is 7.17. The van der Waals surface area contributed by atoms with Crippen LogP contribution in [-0.4, -0.2) is 32.0 Å². The van der Waals surface area contributed by atoms with Crippen LogP contribution in [0, 0.1) is 0 Å². The number of rotatable bonds is 3. The van der Waals surface area contributed by atoms with Gasteiger partial charge in [-0.15, -0.1) is 0 Å². The largest absolute Gasteiger partial charge is 0.425 e. The highest BCUT2D eigenvalue weighted by Crippen LogP contribution is 2.62. The number of alkyl halides is 3. The van der Waals surface area contributed by atoms with Crippen molar-refractivity contribution in [2.75, 3.05) is 0 Å². The molecule has 1 aliphatic rings. The molecule has 2 unspecified atom stereocenters. The van der Waals surface area contributed by atoms with Gasteiger partial charge in [0.15, 0.2) is 0 Å². The molecule has 2 nitrogen and oxygen atoms in total. The molecule has 1 fully saturated rings. The summed E-state index contributed by atoms with van der Waals surface area (Å²) in [6.45, 7) is 11.8. The maximum atomic E-state index is 14.2. The Morgan fingerprint density at radius 3 is 1.50 bits per heavy atom. The van der Waals surface area contributed by atoms with Crippen LogP contribution in [0.25, 0.3) is 0 Å². The minimum atomic E-state index is -4.33. The summed E-state index contributed by atoms with van der Waals surface area (Å²) in [7, 11) is -4.35. The predicted octanol–water partition coefficient (Wildman–Crippen LogP) is 5.37. The van der Waals surface area contributed by atoms with E-state index in [-0.39, 0.29) is 0 Å². The van der Waals surface area contributed by atoms with Gasteiger partial charge in [-0.3, -0.25) is 0 Å². The first kappa shape index (κ1) is 18.2. The lowest BCUT2D eigenvalue weighted by atomic mass is 10.0. The molecular formula is C14H22BrF3N2Si2. The minimum Gasteiger partial charge on any atom is -0.237 e. The zero-order valence-electron chi connectivity index (χ0n) is 13.7. The molecule has 2 atom stereocenters. The Morgan fingerprint density at radius 1 is 0.864 bits per heavy atom. The van der Waals surface area contributed by atoms with Gasteiger partial charge in [0.05, 0.1) is 0 Å². The highest BCUT2D eigenvalue weighted by Gasteiger charge is 2.81. The number of nitrogens with zero attached hydrogens (tertiary/aromatic N) is 2. The van der Waals surface area contributed by atoms with Crippen molar-refractivity contribution in [3.05, 3.63) is 34.3 Å². The lowest BCUT2D eigenvalue weighted by Crippen LogP contribution is -2.43. The molecule has 8 heteroatoms. The molecule has 0 saturated carbocycles. The smallest absolute Gasteiger partial charge is 0.237 e. The Morgan fingerprint density at radius 2 is 1.23 bits per heavy atom. The molecule has 0 N–H and O–H groups in total. The predicted molar refractivity (Wildman–Crippen MR) is 92.2 cm³/mol. The number of hydrazine groups is 1. The summed E-state index contributed by atoms with van der Waals surface area (Å²) in [4.78, 5) is 0. The molecule has 1 aliphatic heterocycles. The van der Waals surface area contributed by atoms with Crippen molar-refractivity contribution in [2.24, 2.45) is 0 Å². The molecule has 0 bridgehead atoms. The monoisotopic (exact) mass is 410 g/mol. The Balaban J connectivity index is 2.67. The highest BCUT2D eigenvalue weighted by molar-refractivity contribution is 9.10. The molecule has 1 aromatic carbocycles. The van der Waals surface area contributed by atoms with Crippen LogP contribution in [0.1, 0.15) is 5.56 Å². The van der Waals surface area contributed by atoms with Crippen LogP contribution in [0.3, 0.4) is 0 Å². The van der Waals surface area contributed by atoms with Crippen molar-refractivity contribution < 1.29 is 13.2 Å². The van der Waals surface area contributed by atoms with Crippen molar-refractivity contribution in [2.45, 2.75) is 51.1 Å². The van der Waals surface area contributed by atoms with Crippen molar-refractivity contribution in [3.8, 4) is 0 Å². The van der Waals surface area contributed by atoms with Crippen molar-refractivity contribution in [1.29, 1.82) is 0 Å². The summed E-state index contributed by atoms with van der Waals surface area (Å²) in [5, 5.41) is 0. The Labute approximate surface area is 140 Å². The van der Waals surface area contributed by atoms with Gasteiger partial charge in [-0.05, 0) is 17.7 Å². The summed E-state index contributed by atoms with van der Waals surface area (Å²) >= 11 is 3.30. The second-order valence-electron chi connectivity index (χ2n) is 7.64. The zero-order valence-corrected chi connectivity index (χ0v) is 17.3. The second kappa shape index (κ2) is 5.17. The molecule has 0 aromatic heterocycles. The molecule has 1 aromatic rings. The van der Waals surface area contributed by atoms with E-state index in [9.17, 15) is 13.2 Å². The Hall–Kier alpha value is -0.156. The van der Waals surface area contributed by atoms with Crippen LogP contribution in [0.2, 0.25) is 39.3 Å². The minimum absolute atomic E-state index is 0.313. The summed E-state index contributed by atoms with van der Waals surface area (Å²) in [5.41, 5.74) is -1.64. The van der Waals surface area contributed by atoms with Crippen molar-refractivity contribution >= 4 is 32.4 Å². The number of hydrogen-bond acceptors (Lipinski definition) is 2. The van der Waals surface area contributed by atoms with E-state index in [1.807, 2.05) is 39.3 Å². The maximum absolute atomic E-state index is 14.2. The van der Waals surface area contributed by atoms with Crippen LogP contribution in [0.15, 0.2) is 28.7 Å². The molecule has 124 valence electrons. The van der Waals surface area contributed by atoms with Crippen LogP contribution >= 0.6 is 15.9 Å². The fourth-order valence-corrected chi connectivity index (χ4v) is 9.33. The van der Waals surface area contributed by atoms with Crippen molar-refractivity contribution in [1.82, 2.24) is 9.35 Å². The van der Waals surface area contributed by atoms with E-state index in [1.54, 1.807) is 33.6 Å². The summed E-state index contributed by atoms with van der Waals surface area (Å²) < 4.78 is 46.7. The topological polar surface area (TPSA) is 6.02 Å². The van der Waals surface area contributed by atoms with Gasteiger partial charge >= 0.3 is 6.18 Å².